The second-order valence-electron chi connectivity index (χ2n) is 7.63. The Balaban J connectivity index is 1.92. The molecular formula is C24H28N6O6. The third-order valence-corrected chi connectivity index (χ3v) is 4.81. The van der Waals surface area contributed by atoms with Gasteiger partial charge in [-0.2, -0.15) is 5.01 Å². The fraction of sp³-hybridized carbons (Fsp3) is 0.250. The van der Waals surface area contributed by atoms with Crippen molar-refractivity contribution in [3.8, 4) is 0 Å². The smallest absolute Gasteiger partial charge is 0.408 e. The number of urea groups is 1. The van der Waals surface area contributed by atoms with Gasteiger partial charge < -0.3 is 21.1 Å². The largest absolute Gasteiger partial charge is 0.445 e. The molecule has 4 N–H and O–H groups in total. The Hall–Kier alpha value is -4.74. The van der Waals surface area contributed by atoms with Gasteiger partial charge in [-0.05, 0) is 37.1 Å². The number of carbonyl (C=O) groups excluding carboxylic acids is 5. The Bertz CT molecular complexity index is 1110. The minimum absolute atomic E-state index is 0.0207. The van der Waals surface area contributed by atoms with E-state index in [1.165, 1.54) is 26.1 Å². The zero-order chi connectivity index (χ0) is 26.7. The Morgan fingerprint density at radius 3 is 2.33 bits per heavy atom. The average molecular weight is 497 g/mol. The lowest BCUT2D eigenvalue weighted by Gasteiger charge is -2.30. The molecule has 190 valence electrons. The molecule has 0 aliphatic heterocycles. The van der Waals surface area contributed by atoms with Gasteiger partial charge in [-0.1, -0.05) is 36.4 Å². The van der Waals surface area contributed by atoms with E-state index < -0.39 is 41.9 Å². The van der Waals surface area contributed by atoms with E-state index in [2.05, 4.69) is 15.6 Å². The summed E-state index contributed by atoms with van der Waals surface area (Å²) in [4.78, 5) is 65.5. The van der Waals surface area contributed by atoms with Gasteiger partial charge in [0.05, 0.1) is 0 Å². The fourth-order valence-corrected chi connectivity index (χ4v) is 2.90. The number of likely N-dealkylation sites (N-methyl/N-ethyl adjacent to an activating group) is 1. The monoisotopic (exact) mass is 496 g/mol. The number of alkyl carbamates (subject to hydrolysis) is 1. The zero-order valence-corrected chi connectivity index (χ0v) is 20.1. The van der Waals surface area contributed by atoms with Crippen LogP contribution >= 0.6 is 0 Å². The van der Waals surface area contributed by atoms with Gasteiger partial charge in [-0.3, -0.25) is 19.4 Å². The van der Waals surface area contributed by atoms with Crippen LogP contribution in [-0.2, 0) is 25.7 Å². The summed E-state index contributed by atoms with van der Waals surface area (Å²) in [6.45, 7) is 2.78. The second-order valence-corrected chi connectivity index (χ2v) is 7.63. The van der Waals surface area contributed by atoms with E-state index in [9.17, 15) is 24.0 Å². The predicted molar refractivity (Wildman–Crippen MR) is 129 cm³/mol. The van der Waals surface area contributed by atoms with Crippen LogP contribution in [0.5, 0.6) is 0 Å². The number of aromatic nitrogens is 1. The van der Waals surface area contributed by atoms with Gasteiger partial charge in [-0.15, -0.1) is 0 Å². The highest BCUT2D eigenvalue weighted by molar-refractivity contribution is 6.03. The van der Waals surface area contributed by atoms with Crippen molar-refractivity contribution >= 4 is 35.9 Å². The fourth-order valence-electron chi connectivity index (χ4n) is 2.90. The minimum Gasteiger partial charge on any atom is -0.445 e. The molecule has 0 radical (unpaired) electrons. The molecular weight excluding hydrogens is 468 g/mol. The Morgan fingerprint density at radius 1 is 1.03 bits per heavy atom. The maximum atomic E-state index is 12.8. The van der Waals surface area contributed by atoms with Crippen molar-refractivity contribution in [2.75, 3.05) is 7.05 Å². The third-order valence-electron chi connectivity index (χ3n) is 4.81. The van der Waals surface area contributed by atoms with E-state index in [0.717, 1.165) is 18.7 Å². The van der Waals surface area contributed by atoms with Gasteiger partial charge in [0.2, 0.25) is 5.91 Å². The van der Waals surface area contributed by atoms with Gasteiger partial charge in [0, 0.05) is 25.5 Å². The first-order chi connectivity index (χ1) is 17.1. The first-order valence-corrected chi connectivity index (χ1v) is 10.9. The number of nitrogens with zero attached hydrogens (tertiary/aromatic N) is 3. The lowest BCUT2D eigenvalue weighted by Crippen LogP contribution is -2.58. The first-order valence-electron chi connectivity index (χ1n) is 10.9. The normalized spacial score (nSPS) is 12.2. The number of rotatable bonds is 8. The number of benzene rings is 1. The predicted octanol–water partition coefficient (Wildman–Crippen LogP) is 1.20. The maximum absolute atomic E-state index is 12.8. The molecule has 36 heavy (non-hydrogen) atoms. The van der Waals surface area contributed by atoms with Crippen molar-refractivity contribution in [2.24, 2.45) is 5.73 Å². The van der Waals surface area contributed by atoms with Gasteiger partial charge in [0.25, 0.3) is 11.8 Å². The first kappa shape index (κ1) is 27.5. The standard InChI is InChI=1S/C24H28N6O6/c1-16(28-24(35)36-15-19-8-5-4-6-9-19)21(32)27-17(2)22(33)29(3)30(23(25)34)20(31)12-11-18-10-7-13-26-14-18/h4-14,16-17H,15H2,1-3H3,(H2,25,34)(H,27,32)(H,28,35)/b12-11+/t16-,17-/m0/s1. The van der Waals surface area contributed by atoms with Crippen LogP contribution in [0.2, 0.25) is 0 Å². The second kappa shape index (κ2) is 13.2. The van der Waals surface area contributed by atoms with Gasteiger partial charge >= 0.3 is 12.1 Å². The topological polar surface area (TPSA) is 164 Å². The molecule has 12 heteroatoms. The molecule has 0 aliphatic carbocycles. The lowest BCUT2D eigenvalue weighted by molar-refractivity contribution is -0.153. The third kappa shape index (κ3) is 8.24. The van der Waals surface area contributed by atoms with Gasteiger partial charge in [-0.25, -0.2) is 14.6 Å². The molecule has 1 aromatic carbocycles. The number of primary amides is 1. The summed E-state index contributed by atoms with van der Waals surface area (Å²) >= 11 is 0. The highest BCUT2D eigenvalue weighted by atomic mass is 16.5. The molecule has 2 rings (SSSR count). The summed E-state index contributed by atoms with van der Waals surface area (Å²) in [7, 11) is 1.16. The lowest BCUT2D eigenvalue weighted by atomic mass is 10.2. The van der Waals surface area contributed by atoms with Crippen molar-refractivity contribution in [3.05, 3.63) is 72.1 Å². The van der Waals surface area contributed by atoms with Crippen LogP contribution in [0.4, 0.5) is 9.59 Å². The van der Waals surface area contributed by atoms with Gasteiger partial charge in [0.15, 0.2) is 0 Å². The number of ether oxygens (including phenoxy) is 1. The van der Waals surface area contributed by atoms with Crippen molar-refractivity contribution in [3.63, 3.8) is 0 Å². The average Bonchev–Trinajstić information content (AvgIpc) is 2.86. The molecule has 0 fully saturated rings. The SMILES string of the molecule is C[C@H](NC(=O)OCc1ccccc1)C(=O)N[C@@H](C)C(=O)N(C)N(C(N)=O)C(=O)/C=C/c1cccnc1. The van der Waals surface area contributed by atoms with Crippen LogP contribution in [0.25, 0.3) is 6.08 Å². The van der Waals surface area contributed by atoms with Crippen LogP contribution in [0.15, 0.2) is 60.9 Å². The molecule has 0 bridgehead atoms. The van der Waals surface area contributed by atoms with Crippen molar-refractivity contribution < 1.29 is 28.7 Å². The summed E-state index contributed by atoms with van der Waals surface area (Å²) in [6, 6.07) is 8.94. The van der Waals surface area contributed by atoms with E-state index in [1.54, 1.807) is 42.6 Å². The molecule has 1 aromatic heterocycles. The zero-order valence-electron chi connectivity index (χ0n) is 20.1. The molecule has 0 spiro atoms. The van der Waals surface area contributed by atoms with E-state index in [0.29, 0.717) is 15.6 Å². The number of pyridine rings is 1. The van der Waals surface area contributed by atoms with E-state index in [4.69, 9.17) is 10.5 Å². The van der Waals surface area contributed by atoms with Crippen LogP contribution in [-0.4, -0.2) is 64.0 Å². The summed E-state index contributed by atoms with van der Waals surface area (Å²) in [5.41, 5.74) is 6.66. The number of hydrogen-bond acceptors (Lipinski definition) is 7. The summed E-state index contributed by atoms with van der Waals surface area (Å²) in [5, 5.41) is 5.91. The summed E-state index contributed by atoms with van der Waals surface area (Å²) < 4.78 is 5.07. The van der Waals surface area contributed by atoms with Crippen LogP contribution in [0, 0.1) is 0 Å². The number of imide groups is 1. The van der Waals surface area contributed by atoms with Crippen molar-refractivity contribution in [1.29, 1.82) is 0 Å². The molecule has 12 nitrogen and oxygen atoms in total. The number of amides is 6. The highest BCUT2D eigenvalue weighted by Crippen LogP contribution is 2.05. The Kier molecular flexibility index (Phi) is 10.1. The molecule has 6 amide bonds. The molecule has 0 saturated carbocycles. The van der Waals surface area contributed by atoms with Crippen LogP contribution < -0.4 is 16.4 Å². The number of hydrazine groups is 1. The Morgan fingerprint density at radius 2 is 1.72 bits per heavy atom. The molecule has 2 aromatic rings. The number of nitrogens with two attached hydrogens (primary N) is 1. The van der Waals surface area contributed by atoms with Crippen molar-refractivity contribution in [1.82, 2.24) is 25.6 Å². The molecule has 2 atom stereocenters. The molecule has 0 aliphatic rings. The van der Waals surface area contributed by atoms with E-state index >= 15 is 0 Å². The highest BCUT2D eigenvalue weighted by Gasteiger charge is 2.30. The number of hydrogen-bond donors (Lipinski definition) is 3. The molecule has 0 unspecified atom stereocenters. The maximum Gasteiger partial charge on any atom is 0.408 e. The minimum atomic E-state index is -1.19. The quantitative estimate of drug-likeness (QED) is 0.365. The van der Waals surface area contributed by atoms with Crippen molar-refractivity contribution in [2.45, 2.75) is 32.5 Å². The van der Waals surface area contributed by atoms with Gasteiger partial charge in [0.1, 0.15) is 18.7 Å². The van der Waals surface area contributed by atoms with Crippen LogP contribution in [0.1, 0.15) is 25.0 Å². The molecule has 0 saturated heterocycles. The molecule has 1 heterocycles. The van der Waals surface area contributed by atoms with E-state index in [-0.39, 0.29) is 6.61 Å². The van der Waals surface area contributed by atoms with Crippen LogP contribution in [0.3, 0.4) is 0 Å². The summed E-state index contributed by atoms with van der Waals surface area (Å²) in [6.07, 6.45) is 4.70. The number of carbonyl (C=O) groups is 5. The Labute approximate surface area is 208 Å². The number of nitrogens with one attached hydrogen (secondary N) is 2. The van der Waals surface area contributed by atoms with E-state index in [1.807, 2.05) is 6.07 Å². The summed E-state index contributed by atoms with van der Waals surface area (Å²) in [5.74, 6) is -2.37.